The molecule has 0 unspecified atom stereocenters. The number of hydrogen-bond donors (Lipinski definition) is 2. The van der Waals surface area contributed by atoms with Crippen LogP contribution in [0.25, 0.3) is 0 Å². The quantitative estimate of drug-likeness (QED) is 0.858. The number of nitriles is 1. The predicted molar refractivity (Wildman–Crippen MR) is 67.7 cm³/mol. The fourth-order valence-electron chi connectivity index (χ4n) is 1.45. The lowest BCUT2D eigenvalue weighted by Gasteiger charge is -2.06. The first-order valence-electron chi connectivity index (χ1n) is 5.33. The second-order valence-corrected chi connectivity index (χ2v) is 3.71. The number of anilines is 2. The van der Waals surface area contributed by atoms with Crippen LogP contribution < -0.4 is 11.1 Å². The summed E-state index contributed by atoms with van der Waals surface area (Å²) in [5.41, 5.74) is 5.70. The number of benzene rings is 1. The first-order valence-corrected chi connectivity index (χ1v) is 5.33. The third-order valence-corrected chi connectivity index (χ3v) is 2.35. The number of aromatic nitrogens is 1. The molecular formula is C13H9FN4O. The Balaban J connectivity index is 2.22. The summed E-state index contributed by atoms with van der Waals surface area (Å²) in [6, 6.07) is 10.2. The number of halogens is 1. The number of nitrogens with two attached hydrogens (primary N) is 1. The molecule has 1 heterocycles. The lowest BCUT2D eigenvalue weighted by molar-refractivity contribution is 0.102. The average Bonchev–Trinajstić information content (AvgIpc) is 2.41. The van der Waals surface area contributed by atoms with E-state index < -0.39 is 11.7 Å². The zero-order valence-electron chi connectivity index (χ0n) is 9.72. The van der Waals surface area contributed by atoms with Gasteiger partial charge in [0.05, 0.1) is 17.3 Å². The second kappa shape index (κ2) is 5.14. The van der Waals surface area contributed by atoms with Crippen molar-refractivity contribution >= 4 is 17.4 Å². The summed E-state index contributed by atoms with van der Waals surface area (Å²) in [4.78, 5) is 15.6. The standard InChI is InChI=1S/C13H9FN4O/c14-9-6-8(7-15)4-5-10(9)18-13(19)11-2-1-3-12(16)17-11/h1-6H,(H2,16,17)(H,18,19). The van der Waals surface area contributed by atoms with E-state index in [0.29, 0.717) is 0 Å². The number of amides is 1. The van der Waals surface area contributed by atoms with Crippen molar-refractivity contribution in [1.29, 1.82) is 5.26 Å². The number of nitrogen functional groups attached to an aromatic ring is 1. The molecule has 3 N–H and O–H groups in total. The highest BCUT2D eigenvalue weighted by Gasteiger charge is 2.11. The van der Waals surface area contributed by atoms with Crippen molar-refractivity contribution in [2.24, 2.45) is 0 Å². The summed E-state index contributed by atoms with van der Waals surface area (Å²) in [7, 11) is 0. The summed E-state index contributed by atoms with van der Waals surface area (Å²) < 4.78 is 13.6. The molecule has 5 nitrogen and oxygen atoms in total. The normalized spacial score (nSPS) is 9.68. The topological polar surface area (TPSA) is 91.8 Å². The van der Waals surface area contributed by atoms with E-state index in [9.17, 15) is 9.18 Å². The van der Waals surface area contributed by atoms with Gasteiger partial charge < -0.3 is 11.1 Å². The van der Waals surface area contributed by atoms with Gasteiger partial charge in [-0.1, -0.05) is 6.07 Å². The molecule has 2 rings (SSSR count). The van der Waals surface area contributed by atoms with Crippen molar-refractivity contribution in [3.8, 4) is 6.07 Å². The van der Waals surface area contributed by atoms with Crippen LogP contribution in [0, 0.1) is 17.1 Å². The number of carbonyl (C=O) groups is 1. The van der Waals surface area contributed by atoms with Gasteiger partial charge in [-0.2, -0.15) is 5.26 Å². The summed E-state index contributed by atoms with van der Waals surface area (Å²) in [5, 5.41) is 11.0. The molecule has 0 aliphatic heterocycles. The van der Waals surface area contributed by atoms with Crippen molar-refractivity contribution in [2.45, 2.75) is 0 Å². The minimum Gasteiger partial charge on any atom is -0.384 e. The minimum atomic E-state index is -0.684. The van der Waals surface area contributed by atoms with Crippen LogP contribution in [0.3, 0.4) is 0 Å². The van der Waals surface area contributed by atoms with Crippen molar-refractivity contribution < 1.29 is 9.18 Å². The van der Waals surface area contributed by atoms with Gasteiger partial charge in [0.1, 0.15) is 17.3 Å². The van der Waals surface area contributed by atoms with Gasteiger partial charge in [-0.3, -0.25) is 4.79 Å². The third kappa shape index (κ3) is 2.84. The highest BCUT2D eigenvalue weighted by Crippen LogP contribution is 2.16. The lowest BCUT2D eigenvalue weighted by atomic mass is 10.2. The highest BCUT2D eigenvalue weighted by atomic mass is 19.1. The van der Waals surface area contributed by atoms with Gasteiger partial charge in [-0.05, 0) is 30.3 Å². The summed E-state index contributed by atoms with van der Waals surface area (Å²) in [6.07, 6.45) is 0. The Labute approximate surface area is 108 Å². The maximum atomic E-state index is 13.6. The zero-order chi connectivity index (χ0) is 13.8. The molecule has 94 valence electrons. The van der Waals surface area contributed by atoms with Crippen molar-refractivity contribution in [1.82, 2.24) is 4.98 Å². The van der Waals surface area contributed by atoms with E-state index >= 15 is 0 Å². The molecule has 0 aliphatic rings. The van der Waals surface area contributed by atoms with Crippen LogP contribution in [0.2, 0.25) is 0 Å². The molecule has 0 fully saturated rings. The predicted octanol–water partition coefficient (Wildman–Crippen LogP) is 1.93. The molecule has 19 heavy (non-hydrogen) atoms. The number of carbonyl (C=O) groups excluding carboxylic acids is 1. The van der Waals surface area contributed by atoms with E-state index in [1.807, 2.05) is 0 Å². The second-order valence-electron chi connectivity index (χ2n) is 3.71. The molecule has 1 amide bonds. The Morgan fingerprint density at radius 3 is 2.79 bits per heavy atom. The Bertz CT molecular complexity index is 679. The van der Waals surface area contributed by atoms with Gasteiger partial charge in [-0.25, -0.2) is 9.37 Å². The molecule has 0 atom stereocenters. The van der Waals surface area contributed by atoms with Gasteiger partial charge >= 0.3 is 0 Å². The van der Waals surface area contributed by atoms with Crippen LogP contribution in [0.5, 0.6) is 0 Å². The lowest BCUT2D eigenvalue weighted by Crippen LogP contribution is -2.15. The van der Waals surface area contributed by atoms with Crippen molar-refractivity contribution in [2.75, 3.05) is 11.1 Å². The molecule has 0 saturated heterocycles. The minimum absolute atomic E-state index is 0.0202. The zero-order valence-corrected chi connectivity index (χ0v) is 9.72. The van der Waals surface area contributed by atoms with Crippen LogP contribution in [0.15, 0.2) is 36.4 Å². The van der Waals surface area contributed by atoms with E-state index in [1.54, 1.807) is 18.2 Å². The van der Waals surface area contributed by atoms with Crippen molar-refractivity contribution in [3.05, 3.63) is 53.5 Å². The molecule has 0 spiro atoms. The Hall–Kier alpha value is -2.94. The highest BCUT2D eigenvalue weighted by molar-refractivity contribution is 6.03. The fourth-order valence-corrected chi connectivity index (χ4v) is 1.45. The SMILES string of the molecule is N#Cc1ccc(NC(=O)c2cccc(N)n2)c(F)c1. The first kappa shape index (κ1) is 12.5. The summed E-state index contributed by atoms with van der Waals surface area (Å²) in [6.45, 7) is 0. The number of nitrogens with one attached hydrogen (secondary N) is 1. The van der Waals surface area contributed by atoms with Gasteiger partial charge in [0.15, 0.2) is 0 Å². The molecule has 6 heteroatoms. The third-order valence-electron chi connectivity index (χ3n) is 2.35. The molecule has 0 saturated carbocycles. The smallest absolute Gasteiger partial charge is 0.274 e. The van der Waals surface area contributed by atoms with Gasteiger partial charge in [0, 0.05) is 0 Å². The van der Waals surface area contributed by atoms with E-state index in [4.69, 9.17) is 11.0 Å². The van der Waals surface area contributed by atoms with E-state index in [0.717, 1.165) is 6.07 Å². The molecule has 2 aromatic rings. The average molecular weight is 256 g/mol. The molecule has 0 aliphatic carbocycles. The first-order chi connectivity index (χ1) is 9.10. The monoisotopic (exact) mass is 256 g/mol. The number of rotatable bonds is 2. The van der Waals surface area contributed by atoms with Crippen LogP contribution in [-0.4, -0.2) is 10.9 Å². The number of nitrogens with zero attached hydrogens (tertiary/aromatic N) is 2. The largest absolute Gasteiger partial charge is 0.384 e. The Morgan fingerprint density at radius 2 is 2.16 bits per heavy atom. The Morgan fingerprint density at radius 1 is 1.37 bits per heavy atom. The number of hydrogen-bond acceptors (Lipinski definition) is 4. The van der Waals surface area contributed by atoms with E-state index in [1.165, 1.54) is 18.2 Å². The summed E-state index contributed by atoms with van der Waals surface area (Å²) in [5.74, 6) is -1.06. The maximum absolute atomic E-state index is 13.6. The van der Waals surface area contributed by atoms with Crippen LogP contribution in [-0.2, 0) is 0 Å². The molecule has 0 bridgehead atoms. The number of pyridine rings is 1. The molecular weight excluding hydrogens is 247 g/mol. The fraction of sp³-hybridized carbons (Fsp3) is 0. The van der Waals surface area contributed by atoms with Crippen molar-refractivity contribution in [3.63, 3.8) is 0 Å². The molecule has 0 radical (unpaired) electrons. The molecule has 1 aromatic carbocycles. The van der Waals surface area contributed by atoms with Gasteiger partial charge in [0.25, 0.3) is 5.91 Å². The summed E-state index contributed by atoms with van der Waals surface area (Å²) >= 11 is 0. The van der Waals surface area contributed by atoms with E-state index in [2.05, 4.69) is 10.3 Å². The Kier molecular flexibility index (Phi) is 3.39. The van der Waals surface area contributed by atoms with Crippen LogP contribution in [0.4, 0.5) is 15.9 Å². The molecule has 1 aromatic heterocycles. The van der Waals surface area contributed by atoms with Gasteiger partial charge in [0.2, 0.25) is 0 Å². The van der Waals surface area contributed by atoms with Gasteiger partial charge in [-0.15, -0.1) is 0 Å². The van der Waals surface area contributed by atoms with Crippen LogP contribution in [0.1, 0.15) is 16.1 Å². The maximum Gasteiger partial charge on any atom is 0.274 e. The van der Waals surface area contributed by atoms with Crippen LogP contribution >= 0.6 is 0 Å². The van der Waals surface area contributed by atoms with E-state index in [-0.39, 0.29) is 22.8 Å².